The van der Waals surface area contributed by atoms with E-state index in [0.717, 1.165) is 12.1 Å². The summed E-state index contributed by atoms with van der Waals surface area (Å²) in [5.74, 6) is -1.75. The Morgan fingerprint density at radius 2 is 1.76 bits per heavy atom. The minimum atomic E-state index is -4.02. The Morgan fingerprint density at radius 3 is 2.38 bits per heavy atom. The van der Waals surface area contributed by atoms with Gasteiger partial charge in [0.1, 0.15) is 10.6 Å². The molecule has 6 nitrogen and oxygen atoms in total. The van der Waals surface area contributed by atoms with Gasteiger partial charge in [-0.05, 0) is 12.1 Å². The molecule has 1 aliphatic rings. The zero-order valence-corrected chi connectivity index (χ0v) is 11.3. The van der Waals surface area contributed by atoms with E-state index in [4.69, 9.17) is 5.11 Å². The lowest BCUT2D eigenvalue weighted by atomic mass is 10.00. The minimum absolute atomic E-state index is 0.0335. The first-order chi connectivity index (χ1) is 9.90. The molecule has 0 spiro atoms. The summed E-state index contributed by atoms with van der Waals surface area (Å²) < 4.78 is 27.8. The third kappa shape index (κ3) is 2.07. The Balaban J connectivity index is 2.31. The van der Waals surface area contributed by atoms with Crippen molar-refractivity contribution < 1.29 is 23.4 Å². The maximum atomic E-state index is 12.1. The van der Waals surface area contributed by atoms with E-state index in [1.165, 1.54) is 0 Å². The van der Waals surface area contributed by atoms with E-state index < -0.39 is 21.7 Å². The molecule has 2 N–H and O–H groups in total. The summed E-state index contributed by atoms with van der Waals surface area (Å²) in [6.45, 7) is 0. The number of rotatable bonds is 2. The van der Waals surface area contributed by atoms with Crippen molar-refractivity contribution in [3.8, 4) is 5.75 Å². The number of fused-ring (bicyclic) bond motifs is 1. The molecule has 0 aliphatic carbocycles. The fraction of sp³-hybridized carbons (Fsp3) is 0. The number of carbonyl (C=O) groups is 1. The van der Waals surface area contributed by atoms with Gasteiger partial charge in [-0.25, -0.2) is 4.79 Å². The first kappa shape index (κ1) is 13.3. The Hall–Kier alpha value is -2.67. The van der Waals surface area contributed by atoms with Crippen LogP contribution in [0.4, 0.5) is 0 Å². The largest absolute Gasteiger partial charge is 0.507 e. The topological polar surface area (TPSA) is 104 Å². The fourth-order valence-corrected chi connectivity index (χ4v) is 3.44. The van der Waals surface area contributed by atoms with Gasteiger partial charge >= 0.3 is 5.97 Å². The molecule has 3 rings (SSSR count). The average molecular weight is 303 g/mol. The van der Waals surface area contributed by atoms with Crippen molar-refractivity contribution in [1.29, 1.82) is 0 Å². The van der Waals surface area contributed by atoms with Crippen molar-refractivity contribution in [2.75, 3.05) is 0 Å². The first-order valence-electron chi connectivity index (χ1n) is 5.91. The van der Waals surface area contributed by atoms with Crippen molar-refractivity contribution in [2.24, 2.45) is 4.40 Å². The van der Waals surface area contributed by atoms with Gasteiger partial charge in [0.15, 0.2) is 0 Å². The Bertz CT molecular complexity index is 885. The number of sulfonamides is 1. The summed E-state index contributed by atoms with van der Waals surface area (Å²) in [5, 5.41) is 19.0. The zero-order valence-electron chi connectivity index (χ0n) is 10.5. The van der Waals surface area contributed by atoms with Crippen LogP contribution >= 0.6 is 0 Å². The normalized spacial score (nSPS) is 15.3. The van der Waals surface area contributed by atoms with E-state index in [1.807, 2.05) is 0 Å². The molecule has 0 atom stereocenters. The quantitative estimate of drug-likeness (QED) is 0.877. The number of hydrogen-bond donors (Lipinski definition) is 2. The van der Waals surface area contributed by atoms with E-state index in [9.17, 15) is 18.3 Å². The van der Waals surface area contributed by atoms with Crippen LogP contribution in [0.15, 0.2) is 51.8 Å². The van der Waals surface area contributed by atoms with Gasteiger partial charge in [-0.3, -0.25) is 0 Å². The highest BCUT2D eigenvalue weighted by Gasteiger charge is 2.33. The van der Waals surface area contributed by atoms with E-state index in [0.29, 0.717) is 5.56 Å². The number of aromatic hydroxyl groups is 1. The molecule has 21 heavy (non-hydrogen) atoms. The first-order valence-corrected chi connectivity index (χ1v) is 7.35. The SMILES string of the molecule is O=C(O)c1cc(O)c2c(c1)S(=O)(=O)N=C2c1ccccc1. The highest BCUT2D eigenvalue weighted by Crippen LogP contribution is 2.36. The van der Waals surface area contributed by atoms with Crippen LogP contribution in [0.3, 0.4) is 0 Å². The van der Waals surface area contributed by atoms with Crippen LogP contribution in [0.5, 0.6) is 5.75 Å². The highest BCUT2D eigenvalue weighted by atomic mass is 32.2. The van der Waals surface area contributed by atoms with Gasteiger partial charge in [0.25, 0.3) is 10.0 Å². The van der Waals surface area contributed by atoms with Gasteiger partial charge in [-0.15, -0.1) is 0 Å². The molecular formula is C14H9NO5S. The molecule has 0 amide bonds. The monoisotopic (exact) mass is 303 g/mol. The summed E-state index contributed by atoms with van der Waals surface area (Å²) in [6, 6.07) is 10.5. The molecule has 0 saturated carbocycles. The van der Waals surface area contributed by atoms with E-state index in [2.05, 4.69) is 4.40 Å². The number of phenolic OH excluding ortho intramolecular Hbond substituents is 1. The third-order valence-electron chi connectivity index (χ3n) is 3.10. The van der Waals surface area contributed by atoms with Gasteiger partial charge in [-0.1, -0.05) is 30.3 Å². The lowest BCUT2D eigenvalue weighted by Crippen LogP contribution is -2.04. The maximum Gasteiger partial charge on any atom is 0.335 e. The number of hydrogen-bond acceptors (Lipinski definition) is 4. The van der Waals surface area contributed by atoms with E-state index in [-0.39, 0.29) is 21.7 Å². The van der Waals surface area contributed by atoms with Gasteiger partial charge in [0.05, 0.1) is 16.8 Å². The van der Waals surface area contributed by atoms with Crippen molar-refractivity contribution in [2.45, 2.75) is 4.90 Å². The fourth-order valence-electron chi connectivity index (χ4n) is 2.17. The van der Waals surface area contributed by atoms with Crippen LogP contribution < -0.4 is 0 Å². The predicted molar refractivity (Wildman–Crippen MR) is 74.3 cm³/mol. The summed E-state index contributed by atoms with van der Waals surface area (Å²) in [7, 11) is -4.02. The molecular weight excluding hydrogens is 294 g/mol. The third-order valence-corrected chi connectivity index (χ3v) is 4.40. The summed E-state index contributed by atoms with van der Waals surface area (Å²) >= 11 is 0. The molecule has 1 aliphatic heterocycles. The predicted octanol–water partition coefficient (Wildman–Crippen LogP) is 1.63. The number of carboxylic acids is 1. The second-order valence-electron chi connectivity index (χ2n) is 4.45. The average Bonchev–Trinajstić information content (AvgIpc) is 2.72. The molecule has 106 valence electrons. The van der Waals surface area contributed by atoms with Gasteiger partial charge in [0, 0.05) is 5.56 Å². The molecule has 0 saturated heterocycles. The summed E-state index contributed by atoms with van der Waals surface area (Å²) in [6.07, 6.45) is 0. The maximum absolute atomic E-state index is 12.1. The van der Waals surface area contributed by atoms with Crippen molar-refractivity contribution in [1.82, 2.24) is 0 Å². The highest BCUT2D eigenvalue weighted by molar-refractivity contribution is 7.90. The van der Waals surface area contributed by atoms with Crippen LogP contribution in [0.1, 0.15) is 21.5 Å². The smallest absolute Gasteiger partial charge is 0.335 e. The number of nitrogens with zero attached hydrogens (tertiary/aromatic N) is 1. The molecule has 0 radical (unpaired) electrons. The van der Waals surface area contributed by atoms with Crippen molar-refractivity contribution >= 4 is 21.7 Å². The number of phenols is 1. The zero-order chi connectivity index (χ0) is 15.2. The van der Waals surface area contributed by atoms with Crippen LogP contribution in [0.25, 0.3) is 0 Å². The minimum Gasteiger partial charge on any atom is -0.507 e. The molecule has 0 aromatic heterocycles. The number of benzene rings is 2. The lowest BCUT2D eigenvalue weighted by molar-refractivity contribution is 0.0696. The van der Waals surface area contributed by atoms with Crippen LogP contribution in [-0.2, 0) is 10.0 Å². The standard InChI is InChI=1S/C14H9NO5S/c16-10-6-9(14(17)18)7-11-12(10)13(15-21(11,19)20)8-4-2-1-3-5-8/h1-7,16H,(H,17,18). The van der Waals surface area contributed by atoms with Crippen LogP contribution in [-0.4, -0.2) is 30.3 Å². The summed E-state index contributed by atoms with van der Waals surface area (Å²) in [5.41, 5.74) is 0.365. The van der Waals surface area contributed by atoms with Gasteiger partial charge in [0.2, 0.25) is 0 Å². The van der Waals surface area contributed by atoms with Crippen LogP contribution in [0.2, 0.25) is 0 Å². The number of carboxylic acid groups (broad SMARTS) is 1. The molecule has 2 aromatic carbocycles. The van der Waals surface area contributed by atoms with Gasteiger partial charge in [-0.2, -0.15) is 12.8 Å². The second kappa shape index (κ2) is 4.42. The Morgan fingerprint density at radius 1 is 1.10 bits per heavy atom. The molecule has 0 unspecified atom stereocenters. The molecule has 1 heterocycles. The van der Waals surface area contributed by atoms with E-state index in [1.54, 1.807) is 30.3 Å². The van der Waals surface area contributed by atoms with Crippen molar-refractivity contribution in [3.63, 3.8) is 0 Å². The number of aromatic carboxylic acids is 1. The van der Waals surface area contributed by atoms with Crippen LogP contribution in [0, 0.1) is 0 Å². The molecule has 0 bridgehead atoms. The lowest BCUT2D eigenvalue weighted by Gasteiger charge is -2.06. The molecule has 2 aromatic rings. The Kier molecular flexibility index (Phi) is 2.80. The van der Waals surface area contributed by atoms with E-state index >= 15 is 0 Å². The Labute approximate surface area is 120 Å². The summed E-state index contributed by atoms with van der Waals surface area (Å²) in [4.78, 5) is 10.7. The molecule has 7 heteroatoms. The molecule has 0 fully saturated rings. The second-order valence-corrected chi connectivity index (χ2v) is 6.03. The van der Waals surface area contributed by atoms with Gasteiger partial charge < -0.3 is 10.2 Å². The van der Waals surface area contributed by atoms with Crippen molar-refractivity contribution in [3.05, 3.63) is 59.2 Å².